The van der Waals surface area contributed by atoms with Gasteiger partial charge in [0, 0.05) is 0 Å². The SMILES string of the molecule is N#CC1CCc2c(Oc3ccccc3)cccc21. The van der Waals surface area contributed by atoms with E-state index in [2.05, 4.69) is 6.07 Å². The molecule has 0 heterocycles. The molecule has 2 heteroatoms. The van der Waals surface area contributed by atoms with Crippen molar-refractivity contribution in [3.63, 3.8) is 0 Å². The van der Waals surface area contributed by atoms with Gasteiger partial charge in [-0.25, -0.2) is 0 Å². The van der Waals surface area contributed by atoms with Gasteiger partial charge in [0.15, 0.2) is 0 Å². The molecule has 3 rings (SSSR count). The van der Waals surface area contributed by atoms with Gasteiger partial charge in [-0.1, -0.05) is 30.3 Å². The fourth-order valence-corrected chi connectivity index (χ4v) is 2.47. The average molecular weight is 235 g/mol. The molecule has 1 atom stereocenters. The van der Waals surface area contributed by atoms with Gasteiger partial charge < -0.3 is 4.74 Å². The first-order valence-corrected chi connectivity index (χ1v) is 6.13. The molecule has 0 spiro atoms. The maximum atomic E-state index is 9.10. The summed E-state index contributed by atoms with van der Waals surface area (Å²) >= 11 is 0. The van der Waals surface area contributed by atoms with E-state index in [9.17, 15) is 0 Å². The Balaban J connectivity index is 1.96. The molecule has 1 aliphatic carbocycles. The van der Waals surface area contributed by atoms with Crippen molar-refractivity contribution < 1.29 is 4.74 Å². The number of hydrogen-bond acceptors (Lipinski definition) is 2. The van der Waals surface area contributed by atoms with Crippen molar-refractivity contribution in [2.24, 2.45) is 0 Å². The molecule has 0 N–H and O–H groups in total. The average Bonchev–Trinajstić information content (AvgIpc) is 2.84. The van der Waals surface area contributed by atoms with Crippen LogP contribution >= 0.6 is 0 Å². The third kappa shape index (κ3) is 1.84. The second kappa shape index (κ2) is 4.54. The first-order chi connectivity index (χ1) is 8.88. The Hall–Kier alpha value is -2.27. The number of fused-ring (bicyclic) bond motifs is 1. The van der Waals surface area contributed by atoms with Crippen LogP contribution < -0.4 is 4.74 Å². The molecule has 0 bridgehead atoms. The minimum atomic E-state index is 0.0272. The quantitative estimate of drug-likeness (QED) is 0.787. The molecule has 0 aromatic heterocycles. The molecule has 1 unspecified atom stereocenters. The summed E-state index contributed by atoms with van der Waals surface area (Å²) in [4.78, 5) is 0. The molecule has 2 nitrogen and oxygen atoms in total. The number of hydrogen-bond donors (Lipinski definition) is 0. The van der Waals surface area contributed by atoms with E-state index in [-0.39, 0.29) is 5.92 Å². The first kappa shape index (κ1) is 10.9. The van der Waals surface area contributed by atoms with Crippen LogP contribution in [-0.4, -0.2) is 0 Å². The zero-order chi connectivity index (χ0) is 12.4. The molecule has 0 amide bonds. The summed E-state index contributed by atoms with van der Waals surface area (Å²) in [7, 11) is 0. The number of para-hydroxylation sites is 1. The third-order valence-electron chi connectivity index (χ3n) is 3.35. The highest BCUT2D eigenvalue weighted by Crippen LogP contribution is 2.39. The summed E-state index contributed by atoms with van der Waals surface area (Å²) in [6.45, 7) is 0. The van der Waals surface area contributed by atoms with E-state index in [0.29, 0.717) is 0 Å². The van der Waals surface area contributed by atoms with Crippen LogP contribution in [-0.2, 0) is 6.42 Å². The van der Waals surface area contributed by atoms with Gasteiger partial charge in [0.05, 0.1) is 12.0 Å². The van der Waals surface area contributed by atoms with E-state index in [1.807, 2.05) is 48.5 Å². The Labute approximate surface area is 106 Å². The van der Waals surface area contributed by atoms with Gasteiger partial charge in [-0.2, -0.15) is 5.26 Å². The van der Waals surface area contributed by atoms with Crippen molar-refractivity contribution in [2.45, 2.75) is 18.8 Å². The Morgan fingerprint density at radius 3 is 2.67 bits per heavy atom. The second-order valence-electron chi connectivity index (χ2n) is 4.46. The number of benzene rings is 2. The summed E-state index contributed by atoms with van der Waals surface area (Å²) in [5.74, 6) is 1.75. The van der Waals surface area contributed by atoms with E-state index >= 15 is 0 Å². The van der Waals surface area contributed by atoms with Gasteiger partial charge >= 0.3 is 0 Å². The lowest BCUT2D eigenvalue weighted by atomic mass is 10.0. The molecule has 88 valence electrons. The van der Waals surface area contributed by atoms with E-state index in [0.717, 1.165) is 29.9 Å². The van der Waals surface area contributed by atoms with Crippen LogP contribution in [0.25, 0.3) is 0 Å². The number of nitrogens with zero attached hydrogens (tertiary/aromatic N) is 1. The van der Waals surface area contributed by atoms with Crippen LogP contribution in [0.1, 0.15) is 23.5 Å². The highest BCUT2D eigenvalue weighted by atomic mass is 16.5. The van der Waals surface area contributed by atoms with Crippen molar-refractivity contribution in [3.05, 3.63) is 59.7 Å². The summed E-state index contributed by atoms with van der Waals surface area (Å²) < 4.78 is 5.90. The largest absolute Gasteiger partial charge is 0.457 e. The highest BCUT2D eigenvalue weighted by Gasteiger charge is 2.24. The van der Waals surface area contributed by atoms with Gasteiger partial charge in [0.1, 0.15) is 11.5 Å². The molecular weight excluding hydrogens is 222 g/mol. The van der Waals surface area contributed by atoms with E-state index in [1.54, 1.807) is 0 Å². The molecule has 2 aromatic rings. The Bertz CT molecular complexity index is 598. The van der Waals surface area contributed by atoms with Crippen molar-refractivity contribution in [1.29, 1.82) is 5.26 Å². The molecule has 0 aliphatic heterocycles. The van der Waals surface area contributed by atoms with Crippen molar-refractivity contribution in [3.8, 4) is 17.6 Å². The normalized spacial score (nSPS) is 16.9. The van der Waals surface area contributed by atoms with Crippen LogP contribution in [0.4, 0.5) is 0 Å². The Kier molecular flexibility index (Phi) is 2.74. The lowest BCUT2D eigenvalue weighted by Crippen LogP contribution is -1.92. The number of rotatable bonds is 2. The van der Waals surface area contributed by atoms with E-state index in [1.165, 1.54) is 5.56 Å². The van der Waals surface area contributed by atoms with E-state index in [4.69, 9.17) is 10.00 Å². The van der Waals surface area contributed by atoms with Crippen LogP contribution in [0.2, 0.25) is 0 Å². The maximum absolute atomic E-state index is 9.10. The summed E-state index contributed by atoms with van der Waals surface area (Å²) in [5, 5.41) is 9.10. The minimum Gasteiger partial charge on any atom is -0.457 e. The van der Waals surface area contributed by atoms with Crippen LogP contribution in [0.15, 0.2) is 48.5 Å². The summed E-state index contributed by atoms with van der Waals surface area (Å²) in [6, 6.07) is 18.1. The Morgan fingerprint density at radius 2 is 1.89 bits per heavy atom. The minimum absolute atomic E-state index is 0.0272. The summed E-state index contributed by atoms with van der Waals surface area (Å²) in [6.07, 6.45) is 1.83. The van der Waals surface area contributed by atoms with Crippen molar-refractivity contribution in [2.75, 3.05) is 0 Å². The van der Waals surface area contributed by atoms with E-state index < -0.39 is 0 Å². The predicted octanol–water partition coefficient (Wildman–Crippen LogP) is 4.03. The smallest absolute Gasteiger partial charge is 0.130 e. The lowest BCUT2D eigenvalue weighted by Gasteiger charge is -2.10. The molecule has 1 aliphatic rings. The van der Waals surface area contributed by atoms with Crippen LogP contribution in [0.3, 0.4) is 0 Å². The van der Waals surface area contributed by atoms with Crippen molar-refractivity contribution in [1.82, 2.24) is 0 Å². The van der Waals surface area contributed by atoms with Gasteiger partial charge in [0.25, 0.3) is 0 Å². The zero-order valence-corrected chi connectivity index (χ0v) is 9.97. The predicted molar refractivity (Wildman–Crippen MR) is 69.6 cm³/mol. The molecule has 2 aromatic carbocycles. The van der Waals surface area contributed by atoms with Gasteiger partial charge in [-0.05, 0) is 42.2 Å². The molecule has 0 saturated carbocycles. The topological polar surface area (TPSA) is 33.0 Å². The first-order valence-electron chi connectivity index (χ1n) is 6.13. The Morgan fingerprint density at radius 1 is 1.06 bits per heavy atom. The molecular formula is C16H13NO. The highest BCUT2D eigenvalue weighted by molar-refractivity contribution is 5.48. The van der Waals surface area contributed by atoms with Crippen LogP contribution in [0, 0.1) is 11.3 Å². The van der Waals surface area contributed by atoms with Gasteiger partial charge in [-0.15, -0.1) is 0 Å². The number of ether oxygens (including phenoxy) is 1. The monoisotopic (exact) mass is 235 g/mol. The van der Waals surface area contributed by atoms with Crippen molar-refractivity contribution >= 4 is 0 Å². The summed E-state index contributed by atoms with van der Waals surface area (Å²) in [5.41, 5.74) is 2.32. The number of nitriles is 1. The lowest BCUT2D eigenvalue weighted by molar-refractivity contribution is 0.477. The molecule has 0 fully saturated rings. The zero-order valence-electron chi connectivity index (χ0n) is 9.97. The third-order valence-corrected chi connectivity index (χ3v) is 3.35. The second-order valence-corrected chi connectivity index (χ2v) is 4.46. The van der Waals surface area contributed by atoms with Gasteiger partial charge in [-0.3, -0.25) is 0 Å². The fraction of sp³-hybridized carbons (Fsp3) is 0.188. The molecule has 0 saturated heterocycles. The fourth-order valence-electron chi connectivity index (χ4n) is 2.47. The molecule has 18 heavy (non-hydrogen) atoms. The van der Waals surface area contributed by atoms with Crippen LogP contribution in [0.5, 0.6) is 11.5 Å². The van der Waals surface area contributed by atoms with Gasteiger partial charge in [0.2, 0.25) is 0 Å². The standard InChI is InChI=1S/C16H13NO/c17-11-12-9-10-15-14(12)7-4-8-16(15)18-13-5-2-1-3-6-13/h1-8,12H,9-10H2. The molecule has 0 radical (unpaired) electrons. The maximum Gasteiger partial charge on any atom is 0.130 e.